The smallest absolute Gasteiger partial charge is 0.123 e. The highest BCUT2D eigenvalue weighted by atomic mass is 32.1. The number of benzene rings is 1. The second-order valence-corrected chi connectivity index (χ2v) is 5.80. The molecule has 3 aromatic rings. The Morgan fingerprint density at radius 3 is 3.22 bits per heavy atom. The Bertz CT molecular complexity index is 728. The molecule has 0 spiro atoms. The summed E-state index contributed by atoms with van der Waals surface area (Å²) in [6, 6.07) is 7.13. The predicted molar refractivity (Wildman–Crippen MR) is 70.5 cm³/mol. The zero-order chi connectivity index (χ0) is 12.1. The molecular formula is C14H11FN2S. The number of halogens is 1. The van der Waals surface area contributed by atoms with Crippen LogP contribution < -0.4 is 0 Å². The summed E-state index contributed by atoms with van der Waals surface area (Å²) in [5, 5.41) is 1.01. The summed E-state index contributed by atoms with van der Waals surface area (Å²) >= 11 is 1.76. The van der Waals surface area contributed by atoms with Crippen LogP contribution in [0.4, 0.5) is 4.39 Å². The summed E-state index contributed by atoms with van der Waals surface area (Å²) in [6.45, 7) is 1.03. The van der Waals surface area contributed by atoms with Crippen LogP contribution in [0.3, 0.4) is 0 Å². The van der Waals surface area contributed by atoms with Crippen molar-refractivity contribution in [3.8, 4) is 0 Å². The molecule has 1 unspecified atom stereocenters. The molecule has 0 N–H and O–H groups in total. The van der Waals surface area contributed by atoms with E-state index in [0.29, 0.717) is 5.92 Å². The van der Waals surface area contributed by atoms with Crippen LogP contribution in [-0.2, 0) is 6.54 Å². The number of hydrogen-bond acceptors (Lipinski definition) is 2. The fourth-order valence-electron chi connectivity index (χ4n) is 2.72. The molecule has 2 nitrogen and oxygen atoms in total. The molecular weight excluding hydrogens is 247 g/mol. The van der Waals surface area contributed by atoms with Crippen LogP contribution in [0.2, 0.25) is 0 Å². The van der Waals surface area contributed by atoms with Crippen molar-refractivity contribution >= 4 is 21.4 Å². The van der Waals surface area contributed by atoms with Crippen molar-refractivity contribution in [3.63, 3.8) is 0 Å². The van der Waals surface area contributed by atoms with Gasteiger partial charge in [-0.15, -0.1) is 11.3 Å². The van der Waals surface area contributed by atoms with E-state index in [2.05, 4.69) is 15.6 Å². The van der Waals surface area contributed by atoms with Crippen molar-refractivity contribution in [1.29, 1.82) is 0 Å². The maximum Gasteiger partial charge on any atom is 0.123 e. The number of rotatable bonds is 1. The van der Waals surface area contributed by atoms with Crippen LogP contribution >= 0.6 is 11.3 Å². The number of nitrogens with zero attached hydrogens (tertiary/aromatic N) is 2. The molecule has 0 saturated heterocycles. The lowest BCUT2D eigenvalue weighted by Crippen LogP contribution is -1.92. The highest BCUT2D eigenvalue weighted by Crippen LogP contribution is 2.39. The quantitative estimate of drug-likeness (QED) is 0.649. The molecule has 1 aliphatic rings. The Kier molecular flexibility index (Phi) is 2.08. The number of imidazole rings is 1. The number of aryl methyl sites for hydroxylation is 1. The maximum absolute atomic E-state index is 13.2. The van der Waals surface area contributed by atoms with Gasteiger partial charge in [0, 0.05) is 33.9 Å². The molecule has 4 rings (SSSR count). The van der Waals surface area contributed by atoms with Crippen LogP contribution in [0, 0.1) is 5.82 Å². The molecule has 0 amide bonds. The van der Waals surface area contributed by atoms with E-state index < -0.39 is 0 Å². The summed E-state index contributed by atoms with van der Waals surface area (Å²) < 4.78 is 16.6. The van der Waals surface area contributed by atoms with Crippen LogP contribution in [0.1, 0.15) is 22.9 Å². The highest BCUT2D eigenvalue weighted by molar-refractivity contribution is 7.19. The molecule has 0 saturated carbocycles. The Hall–Kier alpha value is -1.68. The minimum absolute atomic E-state index is 0.164. The van der Waals surface area contributed by atoms with Crippen LogP contribution in [0.15, 0.2) is 36.8 Å². The van der Waals surface area contributed by atoms with E-state index in [4.69, 9.17) is 0 Å². The van der Waals surface area contributed by atoms with Gasteiger partial charge in [0.2, 0.25) is 0 Å². The molecule has 4 heteroatoms. The normalized spacial score (nSPS) is 18.4. The average Bonchev–Trinajstić information content (AvgIpc) is 3.00. The van der Waals surface area contributed by atoms with Gasteiger partial charge >= 0.3 is 0 Å². The Morgan fingerprint density at radius 1 is 1.33 bits per heavy atom. The van der Waals surface area contributed by atoms with Gasteiger partial charge < -0.3 is 4.57 Å². The first-order valence-corrected chi connectivity index (χ1v) is 6.82. The molecule has 0 fully saturated rings. The van der Waals surface area contributed by atoms with Crippen molar-refractivity contribution in [2.75, 3.05) is 0 Å². The van der Waals surface area contributed by atoms with Gasteiger partial charge in [0.05, 0.1) is 6.33 Å². The molecule has 18 heavy (non-hydrogen) atoms. The third kappa shape index (κ3) is 1.42. The summed E-state index contributed by atoms with van der Waals surface area (Å²) in [5.41, 5.74) is 1.28. The number of aromatic nitrogens is 2. The lowest BCUT2D eigenvalue weighted by Gasteiger charge is -2.04. The first-order valence-electron chi connectivity index (χ1n) is 6.00. The predicted octanol–water partition coefficient (Wildman–Crippen LogP) is 3.77. The van der Waals surface area contributed by atoms with Crippen molar-refractivity contribution in [2.45, 2.75) is 18.9 Å². The van der Waals surface area contributed by atoms with Gasteiger partial charge in [-0.1, -0.05) is 0 Å². The fourth-order valence-corrected chi connectivity index (χ4v) is 3.91. The summed E-state index contributed by atoms with van der Waals surface area (Å²) in [5.74, 6) is 0.260. The van der Waals surface area contributed by atoms with E-state index in [1.165, 1.54) is 16.6 Å². The molecule has 3 heterocycles. The maximum atomic E-state index is 13.2. The van der Waals surface area contributed by atoms with E-state index in [9.17, 15) is 4.39 Å². The summed E-state index contributed by atoms with van der Waals surface area (Å²) in [6.07, 6.45) is 4.96. The second kappa shape index (κ2) is 3.65. The van der Waals surface area contributed by atoms with Gasteiger partial charge in [-0.05, 0) is 36.1 Å². The van der Waals surface area contributed by atoms with Gasteiger partial charge in [0.15, 0.2) is 0 Å². The van der Waals surface area contributed by atoms with E-state index in [1.807, 2.05) is 18.6 Å². The first kappa shape index (κ1) is 10.3. The Labute approximate surface area is 108 Å². The van der Waals surface area contributed by atoms with Crippen molar-refractivity contribution < 1.29 is 4.39 Å². The van der Waals surface area contributed by atoms with E-state index in [1.54, 1.807) is 17.4 Å². The minimum atomic E-state index is -0.164. The van der Waals surface area contributed by atoms with Crippen LogP contribution in [-0.4, -0.2) is 9.55 Å². The fraction of sp³-hybridized carbons (Fsp3) is 0.214. The van der Waals surface area contributed by atoms with Crippen LogP contribution in [0.25, 0.3) is 10.1 Å². The summed E-state index contributed by atoms with van der Waals surface area (Å²) in [4.78, 5) is 5.51. The van der Waals surface area contributed by atoms with Gasteiger partial charge in [0.1, 0.15) is 5.82 Å². The van der Waals surface area contributed by atoms with Gasteiger partial charge in [-0.25, -0.2) is 9.37 Å². The van der Waals surface area contributed by atoms with Gasteiger partial charge in [-0.2, -0.15) is 0 Å². The molecule has 0 bridgehead atoms. The minimum Gasteiger partial charge on any atom is -0.334 e. The molecule has 2 aromatic heterocycles. The third-order valence-electron chi connectivity index (χ3n) is 3.60. The zero-order valence-electron chi connectivity index (χ0n) is 9.64. The van der Waals surface area contributed by atoms with Gasteiger partial charge in [0.25, 0.3) is 0 Å². The van der Waals surface area contributed by atoms with E-state index in [0.717, 1.165) is 23.1 Å². The second-order valence-electron chi connectivity index (χ2n) is 4.68. The first-order chi connectivity index (χ1) is 8.81. The molecule has 1 aromatic carbocycles. The molecule has 90 valence electrons. The third-order valence-corrected chi connectivity index (χ3v) is 4.83. The molecule has 0 radical (unpaired) electrons. The Balaban J connectivity index is 1.84. The van der Waals surface area contributed by atoms with E-state index in [-0.39, 0.29) is 5.82 Å². The lowest BCUT2D eigenvalue weighted by atomic mass is 10.0. The van der Waals surface area contributed by atoms with E-state index >= 15 is 0 Å². The largest absolute Gasteiger partial charge is 0.334 e. The zero-order valence-corrected chi connectivity index (χ0v) is 10.5. The number of thiophene rings is 1. The number of hydrogen-bond donors (Lipinski definition) is 0. The van der Waals surface area contributed by atoms with Crippen molar-refractivity contribution in [1.82, 2.24) is 9.55 Å². The molecule has 0 aliphatic carbocycles. The standard InChI is InChI=1S/C14H11FN2S/c15-10-1-2-13-9(5-10)6-14(18-13)11-3-4-17-8-16-7-12(11)17/h1-2,5-8,11H,3-4H2. The SMILES string of the molecule is Fc1ccc2sc(C3CCn4cncc43)cc2c1. The van der Waals surface area contributed by atoms with Gasteiger partial charge in [-0.3, -0.25) is 0 Å². The molecule has 1 aliphatic heterocycles. The average molecular weight is 258 g/mol. The topological polar surface area (TPSA) is 17.8 Å². The number of fused-ring (bicyclic) bond motifs is 2. The van der Waals surface area contributed by atoms with Crippen LogP contribution in [0.5, 0.6) is 0 Å². The highest BCUT2D eigenvalue weighted by Gasteiger charge is 2.25. The molecule has 1 atom stereocenters. The Morgan fingerprint density at radius 2 is 2.28 bits per heavy atom. The monoisotopic (exact) mass is 258 g/mol. The summed E-state index contributed by atoms with van der Waals surface area (Å²) in [7, 11) is 0. The van der Waals surface area contributed by atoms with Crippen molar-refractivity contribution in [2.24, 2.45) is 0 Å². The van der Waals surface area contributed by atoms with Crippen molar-refractivity contribution in [3.05, 3.63) is 53.2 Å². The lowest BCUT2D eigenvalue weighted by molar-refractivity contribution is 0.630.